The van der Waals surface area contributed by atoms with Crippen LogP contribution in [0.5, 0.6) is 0 Å². The third-order valence-electron chi connectivity index (χ3n) is 3.81. The van der Waals surface area contributed by atoms with Gasteiger partial charge >= 0.3 is 5.97 Å². The Bertz CT molecular complexity index is 858. The van der Waals surface area contributed by atoms with Crippen LogP contribution >= 0.6 is 11.8 Å². The predicted octanol–water partition coefficient (Wildman–Crippen LogP) is 3.93. The minimum Gasteiger partial charge on any atom is -0.459 e. The van der Waals surface area contributed by atoms with Crippen LogP contribution < -0.4 is 0 Å². The predicted molar refractivity (Wildman–Crippen MR) is 102 cm³/mol. The summed E-state index contributed by atoms with van der Waals surface area (Å²) < 4.78 is 6.81. The molecule has 0 fully saturated rings. The van der Waals surface area contributed by atoms with E-state index < -0.39 is 0 Å². The molecule has 134 valence electrons. The minimum absolute atomic E-state index is 0.0636. The van der Waals surface area contributed by atoms with Gasteiger partial charge in [0, 0.05) is 16.8 Å². The molecular formula is C20H21N3O2S. The molecule has 0 radical (unpaired) electrons. The highest BCUT2D eigenvalue weighted by Gasteiger charge is 2.08. The van der Waals surface area contributed by atoms with Gasteiger partial charge in [-0.25, -0.2) is 4.68 Å². The lowest BCUT2D eigenvalue weighted by Gasteiger charge is -2.05. The number of rotatable bonds is 7. The van der Waals surface area contributed by atoms with Gasteiger partial charge in [-0.15, -0.1) is 16.9 Å². The zero-order chi connectivity index (χ0) is 18.4. The number of carbonyl (C=O) groups is 1. The molecule has 0 bridgehead atoms. The van der Waals surface area contributed by atoms with Gasteiger partial charge in [-0.3, -0.25) is 4.79 Å². The lowest BCUT2D eigenvalue weighted by atomic mass is 10.2. The van der Waals surface area contributed by atoms with Crippen molar-refractivity contribution >= 4 is 17.7 Å². The molecule has 1 heterocycles. The topological polar surface area (TPSA) is 57.0 Å². The Morgan fingerprint density at radius 3 is 2.38 bits per heavy atom. The van der Waals surface area contributed by atoms with Crippen LogP contribution in [-0.4, -0.2) is 21.0 Å². The molecule has 0 aliphatic carbocycles. The van der Waals surface area contributed by atoms with Crippen molar-refractivity contribution in [3.8, 4) is 0 Å². The van der Waals surface area contributed by atoms with Gasteiger partial charge in [0.25, 0.3) is 0 Å². The van der Waals surface area contributed by atoms with Crippen LogP contribution in [0.2, 0.25) is 0 Å². The van der Waals surface area contributed by atoms with Gasteiger partial charge in [0.15, 0.2) is 0 Å². The Balaban J connectivity index is 1.45. The number of esters is 1. The second-order valence-electron chi connectivity index (χ2n) is 6.16. The first-order valence-corrected chi connectivity index (χ1v) is 9.37. The van der Waals surface area contributed by atoms with Crippen LogP contribution in [0.4, 0.5) is 0 Å². The van der Waals surface area contributed by atoms with E-state index in [1.165, 1.54) is 20.7 Å². The van der Waals surface area contributed by atoms with Crippen LogP contribution in [0.1, 0.15) is 22.4 Å². The number of carbonyl (C=O) groups excluding carboxylic acids is 1. The third-order valence-corrected chi connectivity index (χ3v) is 4.85. The summed E-state index contributed by atoms with van der Waals surface area (Å²) in [4.78, 5) is 13.1. The molecule has 0 unspecified atom stereocenters. The summed E-state index contributed by atoms with van der Waals surface area (Å²) in [5.74, 6) is 0.384. The van der Waals surface area contributed by atoms with Gasteiger partial charge in [0.2, 0.25) is 0 Å². The molecule has 0 amide bonds. The van der Waals surface area contributed by atoms with Crippen molar-refractivity contribution in [2.75, 3.05) is 0 Å². The van der Waals surface area contributed by atoms with E-state index in [1.807, 2.05) is 31.2 Å². The smallest absolute Gasteiger partial charge is 0.328 e. The van der Waals surface area contributed by atoms with Crippen molar-refractivity contribution in [3.05, 3.63) is 77.1 Å². The number of benzene rings is 2. The Morgan fingerprint density at radius 2 is 1.69 bits per heavy atom. The monoisotopic (exact) mass is 367 g/mol. The van der Waals surface area contributed by atoms with E-state index in [1.54, 1.807) is 18.0 Å². The van der Waals surface area contributed by atoms with Crippen LogP contribution in [0.15, 0.2) is 59.6 Å². The number of hydrogen-bond donors (Lipinski definition) is 0. The fourth-order valence-electron chi connectivity index (χ4n) is 2.30. The summed E-state index contributed by atoms with van der Waals surface area (Å²) >= 11 is 1.69. The van der Waals surface area contributed by atoms with Crippen LogP contribution in [0.25, 0.3) is 0 Å². The molecule has 3 aromatic rings. The van der Waals surface area contributed by atoms with Crippen molar-refractivity contribution in [1.29, 1.82) is 0 Å². The summed E-state index contributed by atoms with van der Waals surface area (Å²) in [7, 11) is 0. The van der Waals surface area contributed by atoms with E-state index in [2.05, 4.69) is 41.5 Å². The van der Waals surface area contributed by atoms with Crippen LogP contribution in [0.3, 0.4) is 0 Å². The summed E-state index contributed by atoms with van der Waals surface area (Å²) in [6, 6.07) is 16.3. The van der Waals surface area contributed by atoms with E-state index >= 15 is 0 Å². The molecule has 5 nitrogen and oxygen atoms in total. The normalized spacial score (nSPS) is 10.7. The Labute approximate surface area is 157 Å². The number of aryl methyl sites for hydroxylation is 2. The Hall–Kier alpha value is -2.60. The number of nitrogens with zero attached hydrogens (tertiary/aromatic N) is 3. The van der Waals surface area contributed by atoms with Crippen molar-refractivity contribution in [1.82, 2.24) is 15.0 Å². The van der Waals surface area contributed by atoms with E-state index in [4.69, 9.17) is 4.74 Å². The molecule has 0 saturated carbocycles. The first-order chi connectivity index (χ1) is 12.6. The lowest BCUT2D eigenvalue weighted by Crippen LogP contribution is -2.14. The molecule has 0 aliphatic heterocycles. The van der Waals surface area contributed by atoms with Gasteiger partial charge in [-0.1, -0.05) is 52.7 Å². The van der Waals surface area contributed by atoms with Crippen LogP contribution in [-0.2, 0) is 28.4 Å². The first-order valence-electron chi connectivity index (χ1n) is 8.38. The van der Waals surface area contributed by atoms with Crippen molar-refractivity contribution < 1.29 is 9.53 Å². The number of hydrogen-bond acceptors (Lipinski definition) is 5. The molecule has 3 rings (SSSR count). The quantitative estimate of drug-likeness (QED) is 0.468. The Morgan fingerprint density at radius 1 is 1.04 bits per heavy atom. The number of ether oxygens (including phenoxy) is 1. The van der Waals surface area contributed by atoms with E-state index in [9.17, 15) is 4.79 Å². The molecule has 0 saturated heterocycles. The average Bonchev–Trinajstić information content (AvgIpc) is 3.08. The standard InChI is InChI=1S/C20H21N3O2S/c1-15-3-7-17(8-4-15)13-25-20(24)12-23-11-18(21-22-23)14-26-19-9-5-16(2)6-10-19/h3-11H,12-14H2,1-2H3. The molecule has 0 spiro atoms. The second-order valence-corrected chi connectivity index (χ2v) is 7.20. The maximum atomic E-state index is 12.0. The highest BCUT2D eigenvalue weighted by Crippen LogP contribution is 2.21. The fraction of sp³-hybridized carbons (Fsp3) is 0.250. The van der Waals surface area contributed by atoms with E-state index in [0.717, 1.165) is 11.3 Å². The van der Waals surface area contributed by atoms with Crippen LogP contribution in [0, 0.1) is 13.8 Å². The zero-order valence-electron chi connectivity index (χ0n) is 14.9. The molecule has 6 heteroatoms. The summed E-state index contributed by atoms with van der Waals surface area (Å²) in [5, 5.41) is 8.12. The maximum absolute atomic E-state index is 12.0. The first kappa shape index (κ1) is 18.2. The Kier molecular flexibility index (Phi) is 6.07. The van der Waals surface area contributed by atoms with Crippen molar-refractivity contribution in [2.45, 2.75) is 37.6 Å². The molecule has 0 atom stereocenters. The van der Waals surface area contributed by atoms with Gasteiger partial charge in [-0.05, 0) is 31.5 Å². The average molecular weight is 367 g/mol. The molecule has 0 N–H and O–H groups in total. The highest BCUT2D eigenvalue weighted by atomic mass is 32.2. The van der Waals surface area contributed by atoms with E-state index in [0.29, 0.717) is 5.75 Å². The molecule has 26 heavy (non-hydrogen) atoms. The third kappa shape index (κ3) is 5.46. The summed E-state index contributed by atoms with van der Waals surface area (Å²) in [6.45, 7) is 4.42. The zero-order valence-corrected chi connectivity index (χ0v) is 15.7. The summed E-state index contributed by atoms with van der Waals surface area (Å²) in [6.07, 6.45) is 1.79. The van der Waals surface area contributed by atoms with E-state index in [-0.39, 0.29) is 19.1 Å². The van der Waals surface area contributed by atoms with Gasteiger partial charge in [-0.2, -0.15) is 0 Å². The lowest BCUT2D eigenvalue weighted by molar-refractivity contribution is -0.145. The van der Waals surface area contributed by atoms with Crippen molar-refractivity contribution in [2.24, 2.45) is 0 Å². The fourth-order valence-corrected chi connectivity index (χ4v) is 3.08. The van der Waals surface area contributed by atoms with Crippen molar-refractivity contribution in [3.63, 3.8) is 0 Å². The summed E-state index contributed by atoms with van der Waals surface area (Å²) in [5.41, 5.74) is 4.22. The van der Waals surface area contributed by atoms with Gasteiger partial charge < -0.3 is 4.74 Å². The highest BCUT2D eigenvalue weighted by molar-refractivity contribution is 7.98. The molecule has 2 aromatic carbocycles. The largest absolute Gasteiger partial charge is 0.459 e. The maximum Gasteiger partial charge on any atom is 0.328 e. The van der Waals surface area contributed by atoms with Gasteiger partial charge in [0.1, 0.15) is 13.2 Å². The molecule has 0 aliphatic rings. The minimum atomic E-state index is -0.326. The molecular weight excluding hydrogens is 346 g/mol. The molecule has 1 aromatic heterocycles. The number of thioether (sulfide) groups is 1. The van der Waals surface area contributed by atoms with Gasteiger partial charge in [0.05, 0.1) is 5.69 Å². The second kappa shape index (κ2) is 8.67. The SMILES string of the molecule is Cc1ccc(COC(=O)Cn2cc(CSc3ccc(C)cc3)nn2)cc1. The number of aromatic nitrogens is 3.